The summed E-state index contributed by atoms with van der Waals surface area (Å²) in [7, 11) is 3.14. The molecule has 0 heterocycles. The zero-order valence-corrected chi connectivity index (χ0v) is 20.3. The molecule has 0 aliphatic carbocycles. The summed E-state index contributed by atoms with van der Waals surface area (Å²) in [6.07, 6.45) is -2.03. The Kier molecular flexibility index (Phi) is 8.81. The van der Waals surface area contributed by atoms with Crippen molar-refractivity contribution in [3.05, 3.63) is 83.4 Å². The molecule has 0 fully saturated rings. The van der Waals surface area contributed by atoms with Crippen molar-refractivity contribution >= 4 is 23.6 Å². The van der Waals surface area contributed by atoms with E-state index >= 15 is 0 Å². The molecule has 3 rings (SSSR count). The second-order valence-electron chi connectivity index (χ2n) is 7.47. The highest BCUT2D eigenvalue weighted by atomic mass is 32.2. The van der Waals surface area contributed by atoms with Crippen LogP contribution in [-0.2, 0) is 17.4 Å². The van der Waals surface area contributed by atoms with Crippen LogP contribution in [0.3, 0.4) is 0 Å². The van der Waals surface area contributed by atoms with Crippen LogP contribution < -0.4 is 14.8 Å². The summed E-state index contributed by atoms with van der Waals surface area (Å²) in [4.78, 5) is 12.8. The maximum atomic E-state index is 12.8. The van der Waals surface area contributed by atoms with Gasteiger partial charge in [-0.15, -0.1) is 0 Å². The normalized spacial score (nSPS) is 11.8. The molecule has 0 unspecified atom stereocenters. The van der Waals surface area contributed by atoms with Crippen LogP contribution in [0.5, 0.6) is 11.5 Å². The Hall–Kier alpha value is -3.46. The Morgan fingerprint density at radius 3 is 2.06 bits per heavy atom. The van der Waals surface area contributed by atoms with Crippen molar-refractivity contribution in [1.29, 1.82) is 0 Å². The number of carbonyl (C=O) groups is 1. The molecule has 35 heavy (non-hydrogen) atoms. The Labute approximate surface area is 206 Å². The highest BCUT2D eigenvalue weighted by Gasteiger charge is 2.30. The lowest BCUT2D eigenvalue weighted by Crippen LogP contribution is -2.33. The zero-order valence-electron chi connectivity index (χ0n) is 19.5. The van der Waals surface area contributed by atoms with Crippen molar-refractivity contribution in [2.75, 3.05) is 27.0 Å². The number of hydrogen-bond acceptors (Lipinski definition) is 5. The number of amides is 1. The number of benzene rings is 3. The van der Waals surface area contributed by atoms with Gasteiger partial charge in [-0.25, -0.2) is 4.40 Å². The molecular formula is C26H25F3N2O3S. The summed E-state index contributed by atoms with van der Waals surface area (Å²) >= 11 is 1.17. The molecule has 1 N–H and O–H groups in total. The highest BCUT2D eigenvalue weighted by molar-refractivity contribution is 7.97. The molecule has 1 amide bonds. The second kappa shape index (κ2) is 11.8. The summed E-state index contributed by atoms with van der Waals surface area (Å²) in [5.41, 5.74) is 2.54. The van der Waals surface area contributed by atoms with Crippen molar-refractivity contribution in [2.24, 2.45) is 4.40 Å². The lowest BCUT2D eigenvalue weighted by molar-refractivity contribution is -0.137. The smallest absolute Gasteiger partial charge is 0.416 e. The molecular weight excluding hydrogens is 477 g/mol. The standard InChI is InChI=1S/C26H25F3N2O3S/c1-33-22-13-4-17(16-23(22)34-2)14-15-30-25(32)24(31-35-3)20-7-5-18(6-8-20)19-9-11-21(12-10-19)26(27,28)29/h4-13,16H,14-15H2,1-3H3,(H,30,32)/b31-24-. The summed E-state index contributed by atoms with van der Waals surface area (Å²) in [6, 6.07) is 17.5. The van der Waals surface area contributed by atoms with Gasteiger partial charge in [0.25, 0.3) is 5.91 Å². The molecule has 0 aliphatic heterocycles. The van der Waals surface area contributed by atoms with Crippen molar-refractivity contribution in [3.8, 4) is 22.6 Å². The van der Waals surface area contributed by atoms with Crippen LogP contribution in [0.15, 0.2) is 71.1 Å². The molecule has 0 aromatic heterocycles. The maximum Gasteiger partial charge on any atom is 0.416 e. The number of nitrogens with one attached hydrogen (secondary N) is 1. The number of halogens is 3. The lowest BCUT2D eigenvalue weighted by atomic mass is 10.0. The van der Waals surface area contributed by atoms with E-state index in [9.17, 15) is 18.0 Å². The predicted octanol–water partition coefficient (Wildman–Crippen LogP) is 5.82. The van der Waals surface area contributed by atoms with Gasteiger partial charge >= 0.3 is 6.18 Å². The molecule has 0 atom stereocenters. The number of rotatable bonds is 9. The summed E-state index contributed by atoms with van der Waals surface area (Å²) in [6.45, 7) is 0.394. The van der Waals surface area contributed by atoms with E-state index in [0.717, 1.165) is 23.3 Å². The number of ether oxygens (including phenoxy) is 2. The van der Waals surface area contributed by atoms with Crippen LogP contribution in [0, 0.1) is 0 Å². The molecule has 0 spiro atoms. The third kappa shape index (κ3) is 6.79. The average Bonchev–Trinajstić information content (AvgIpc) is 2.86. The lowest BCUT2D eigenvalue weighted by Gasteiger charge is -2.11. The van der Waals surface area contributed by atoms with E-state index in [4.69, 9.17) is 9.47 Å². The number of methoxy groups -OCH3 is 2. The largest absolute Gasteiger partial charge is 0.493 e. The van der Waals surface area contributed by atoms with Crippen LogP contribution in [0.25, 0.3) is 11.1 Å². The molecule has 184 valence electrons. The van der Waals surface area contributed by atoms with Gasteiger partial charge in [-0.2, -0.15) is 13.2 Å². The van der Waals surface area contributed by atoms with Crippen molar-refractivity contribution in [1.82, 2.24) is 5.32 Å². The molecule has 0 aliphatic rings. The summed E-state index contributed by atoms with van der Waals surface area (Å²) in [5, 5.41) is 2.89. The van der Waals surface area contributed by atoms with E-state index in [2.05, 4.69) is 9.71 Å². The van der Waals surface area contributed by atoms with Gasteiger partial charge in [0.1, 0.15) is 5.71 Å². The maximum absolute atomic E-state index is 12.8. The monoisotopic (exact) mass is 502 g/mol. The van der Waals surface area contributed by atoms with Gasteiger partial charge in [0, 0.05) is 18.4 Å². The third-order valence-corrected chi connectivity index (χ3v) is 5.61. The van der Waals surface area contributed by atoms with Crippen molar-refractivity contribution in [3.63, 3.8) is 0 Å². The zero-order chi connectivity index (χ0) is 25.4. The SMILES string of the molecule is COc1ccc(CCNC(=O)/C(=N\SC)c2ccc(-c3ccc(C(F)(F)F)cc3)cc2)cc1OC. The van der Waals surface area contributed by atoms with E-state index in [1.807, 2.05) is 18.2 Å². The number of alkyl halides is 3. The third-order valence-electron chi connectivity index (χ3n) is 5.25. The molecule has 0 saturated carbocycles. The van der Waals surface area contributed by atoms with Crippen LogP contribution in [-0.4, -0.2) is 38.6 Å². The van der Waals surface area contributed by atoms with E-state index in [1.54, 1.807) is 44.7 Å². The molecule has 3 aromatic carbocycles. The highest BCUT2D eigenvalue weighted by Crippen LogP contribution is 2.31. The Morgan fingerprint density at radius 2 is 1.51 bits per heavy atom. The molecule has 3 aromatic rings. The molecule has 0 radical (unpaired) electrons. The van der Waals surface area contributed by atoms with Crippen LogP contribution in [0.4, 0.5) is 13.2 Å². The van der Waals surface area contributed by atoms with E-state index in [0.29, 0.717) is 35.6 Å². The van der Waals surface area contributed by atoms with E-state index in [1.165, 1.54) is 24.1 Å². The molecule has 9 heteroatoms. The van der Waals surface area contributed by atoms with Crippen molar-refractivity contribution < 1.29 is 27.4 Å². The second-order valence-corrected chi connectivity index (χ2v) is 8.02. The van der Waals surface area contributed by atoms with Gasteiger partial charge in [-0.3, -0.25) is 4.79 Å². The first-order valence-electron chi connectivity index (χ1n) is 10.6. The summed E-state index contributed by atoms with van der Waals surface area (Å²) in [5.74, 6) is 0.936. The van der Waals surface area contributed by atoms with Crippen molar-refractivity contribution in [2.45, 2.75) is 12.6 Å². The van der Waals surface area contributed by atoms with Crippen LogP contribution in [0.1, 0.15) is 16.7 Å². The Balaban J connectivity index is 1.67. The Morgan fingerprint density at radius 1 is 0.914 bits per heavy atom. The van der Waals surface area contributed by atoms with Gasteiger partial charge in [0.15, 0.2) is 11.5 Å². The average molecular weight is 503 g/mol. The number of carbonyl (C=O) groups excluding carboxylic acids is 1. The van der Waals surface area contributed by atoms with Crippen LogP contribution in [0.2, 0.25) is 0 Å². The van der Waals surface area contributed by atoms with Gasteiger partial charge in [-0.05, 0) is 59.3 Å². The molecule has 0 saturated heterocycles. The molecule has 5 nitrogen and oxygen atoms in total. The topological polar surface area (TPSA) is 59.9 Å². The summed E-state index contributed by atoms with van der Waals surface area (Å²) < 4.78 is 53.2. The van der Waals surface area contributed by atoms with Gasteiger partial charge < -0.3 is 14.8 Å². The minimum atomic E-state index is -4.38. The minimum absolute atomic E-state index is 0.267. The first-order chi connectivity index (χ1) is 16.8. The fourth-order valence-corrected chi connectivity index (χ4v) is 3.80. The predicted molar refractivity (Wildman–Crippen MR) is 133 cm³/mol. The fraction of sp³-hybridized carbons (Fsp3) is 0.231. The minimum Gasteiger partial charge on any atom is -0.493 e. The number of nitrogens with zero attached hydrogens (tertiary/aromatic N) is 1. The first-order valence-corrected chi connectivity index (χ1v) is 11.8. The van der Waals surface area contributed by atoms with Gasteiger partial charge in [0.2, 0.25) is 0 Å². The quantitative estimate of drug-likeness (QED) is 0.296. The molecule has 0 bridgehead atoms. The van der Waals surface area contributed by atoms with Gasteiger partial charge in [0.05, 0.1) is 19.8 Å². The van der Waals surface area contributed by atoms with Gasteiger partial charge in [-0.1, -0.05) is 42.5 Å². The van der Waals surface area contributed by atoms with E-state index in [-0.39, 0.29) is 11.6 Å². The number of hydrogen-bond donors (Lipinski definition) is 1. The first kappa shape index (κ1) is 26.2. The van der Waals surface area contributed by atoms with E-state index < -0.39 is 11.7 Å². The van der Waals surface area contributed by atoms with Crippen LogP contribution >= 0.6 is 11.9 Å². The Bertz CT molecular complexity index is 1180. The fourth-order valence-electron chi connectivity index (χ4n) is 3.43.